The molecule has 0 aliphatic rings. The van der Waals surface area contributed by atoms with Crippen molar-refractivity contribution in [2.45, 2.75) is 6.92 Å². The van der Waals surface area contributed by atoms with E-state index >= 15 is 0 Å². The Morgan fingerprint density at radius 3 is 2.64 bits per heavy atom. The molecule has 1 heterocycles. The van der Waals surface area contributed by atoms with Crippen molar-refractivity contribution < 1.29 is 4.79 Å². The van der Waals surface area contributed by atoms with Crippen LogP contribution in [0.5, 0.6) is 0 Å². The van der Waals surface area contributed by atoms with Crippen LogP contribution in [-0.2, 0) is 4.79 Å². The predicted molar refractivity (Wildman–Crippen MR) is 54.2 cm³/mol. The molecule has 0 bridgehead atoms. The van der Waals surface area contributed by atoms with Crippen molar-refractivity contribution in [3.63, 3.8) is 0 Å². The number of aromatic nitrogens is 2. The monoisotopic (exact) mass is 214 g/mol. The maximum Gasteiger partial charge on any atom is 0.222 e. The van der Waals surface area contributed by atoms with Gasteiger partial charge < -0.3 is 10.6 Å². The molecule has 14 heavy (non-hydrogen) atoms. The molecule has 1 aromatic rings. The predicted octanol–water partition coefficient (Wildman–Crippen LogP) is 0.678. The molecule has 6 heteroatoms. The molecule has 0 spiro atoms. The summed E-state index contributed by atoms with van der Waals surface area (Å²) in [5.74, 6) is 0.448. The number of halogens is 1. The Morgan fingerprint density at radius 1 is 1.43 bits per heavy atom. The molecular formula is C8H11ClN4O. The summed E-state index contributed by atoms with van der Waals surface area (Å²) in [5.41, 5.74) is 0. The molecule has 1 amide bonds. The zero-order valence-electron chi connectivity index (χ0n) is 7.75. The third-order valence-electron chi connectivity index (χ3n) is 1.40. The highest BCUT2D eigenvalue weighted by Crippen LogP contribution is 2.04. The van der Waals surface area contributed by atoms with E-state index in [9.17, 15) is 4.79 Å². The smallest absolute Gasteiger partial charge is 0.222 e. The van der Waals surface area contributed by atoms with E-state index in [1.807, 2.05) is 0 Å². The van der Waals surface area contributed by atoms with Gasteiger partial charge in [0, 0.05) is 20.0 Å². The average Bonchev–Trinajstić information content (AvgIpc) is 2.15. The van der Waals surface area contributed by atoms with E-state index in [0.29, 0.717) is 24.1 Å². The Balaban J connectivity index is 2.25. The van der Waals surface area contributed by atoms with Gasteiger partial charge >= 0.3 is 0 Å². The number of carbonyl (C=O) groups is 1. The van der Waals surface area contributed by atoms with Crippen molar-refractivity contribution in [3.05, 3.63) is 17.4 Å². The summed E-state index contributed by atoms with van der Waals surface area (Å²) >= 11 is 5.60. The minimum atomic E-state index is -0.0520. The highest BCUT2D eigenvalue weighted by molar-refractivity contribution is 6.30. The summed E-state index contributed by atoms with van der Waals surface area (Å²) in [4.78, 5) is 18.4. The first-order valence-corrected chi connectivity index (χ1v) is 4.52. The molecule has 0 fully saturated rings. The summed E-state index contributed by atoms with van der Waals surface area (Å²) < 4.78 is 0. The normalized spacial score (nSPS) is 9.57. The van der Waals surface area contributed by atoms with Crippen LogP contribution in [0, 0.1) is 0 Å². The second kappa shape index (κ2) is 5.39. The third kappa shape index (κ3) is 4.04. The van der Waals surface area contributed by atoms with E-state index in [4.69, 9.17) is 11.6 Å². The Bertz CT molecular complexity index is 301. The van der Waals surface area contributed by atoms with E-state index in [-0.39, 0.29) is 5.91 Å². The Morgan fingerprint density at radius 2 is 2.07 bits per heavy atom. The van der Waals surface area contributed by atoms with Crippen LogP contribution >= 0.6 is 11.6 Å². The first-order chi connectivity index (χ1) is 6.68. The fraction of sp³-hybridized carbons (Fsp3) is 0.375. The zero-order valence-corrected chi connectivity index (χ0v) is 8.51. The van der Waals surface area contributed by atoms with Gasteiger partial charge in [-0.2, -0.15) is 0 Å². The number of amides is 1. The van der Waals surface area contributed by atoms with E-state index in [1.54, 1.807) is 0 Å². The molecule has 0 unspecified atom stereocenters. The lowest BCUT2D eigenvalue weighted by Gasteiger charge is -2.04. The molecular weight excluding hydrogens is 204 g/mol. The first kappa shape index (κ1) is 10.7. The van der Waals surface area contributed by atoms with E-state index in [2.05, 4.69) is 20.6 Å². The minimum absolute atomic E-state index is 0.0520. The number of anilines is 1. The van der Waals surface area contributed by atoms with Crippen molar-refractivity contribution in [1.29, 1.82) is 0 Å². The SMILES string of the molecule is CC(=O)NCCNc1ncc(Cl)cn1. The van der Waals surface area contributed by atoms with Crippen LogP contribution in [-0.4, -0.2) is 29.0 Å². The minimum Gasteiger partial charge on any atom is -0.355 e. The molecule has 0 aromatic carbocycles. The topological polar surface area (TPSA) is 66.9 Å². The molecule has 1 aromatic heterocycles. The van der Waals surface area contributed by atoms with Gasteiger partial charge in [-0.3, -0.25) is 4.79 Å². The maximum absolute atomic E-state index is 10.5. The molecule has 2 N–H and O–H groups in total. The lowest BCUT2D eigenvalue weighted by Crippen LogP contribution is -2.26. The van der Waals surface area contributed by atoms with Crippen LogP contribution in [0.1, 0.15) is 6.92 Å². The number of rotatable bonds is 4. The molecule has 0 aliphatic carbocycles. The van der Waals surface area contributed by atoms with Gasteiger partial charge in [-0.25, -0.2) is 9.97 Å². The lowest BCUT2D eigenvalue weighted by atomic mass is 10.5. The maximum atomic E-state index is 10.5. The van der Waals surface area contributed by atoms with Crippen molar-refractivity contribution in [2.75, 3.05) is 18.4 Å². The molecule has 0 saturated carbocycles. The highest BCUT2D eigenvalue weighted by atomic mass is 35.5. The molecule has 0 aliphatic heterocycles. The van der Waals surface area contributed by atoms with Gasteiger partial charge in [-0.15, -0.1) is 0 Å². The Hall–Kier alpha value is -1.36. The van der Waals surface area contributed by atoms with Gasteiger partial charge in [0.1, 0.15) is 0 Å². The number of hydrogen-bond donors (Lipinski definition) is 2. The number of nitrogens with zero attached hydrogens (tertiary/aromatic N) is 2. The van der Waals surface area contributed by atoms with Crippen molar-refractivity contribution in [1.82, 2.24) is 15.3 Å². The van der Waals surface area contributed by atoms with Crippen molar-refractivity contribution >= 4 is 23.5 Å². The average molecular weight is 215 g/mol. The lowest BCUT2D eigenvalue weighted by molar-refractivity contribution is -0.118. The van der Waals surface area contributed by atoms with Crippen LogP contribution in [0.3, 0.4) is 0 Å². The zero-order chi connectivity index (χ0) is 10.4. The highest BCUT2D eigenvalue weighted by Gasteiger charge is 1.95. The van der Waals surface area contributed by atoms with Crippen LogP contribution in [0.4, 0.5) is 5.95 Å². The molecule has 0 radical (unpaired) electrons. The Labute approximate surface area is 86.9 Å². The standard InChI is InChI=1S/C8H11ClN4O/c1-6(14)10-2-3-11-8-12-4-7(9)5-13-8/h4-5H,2-3H2,1H3,(H,10,14)(H,11,12,13). The molecule has 0 atom stereocenters. The summed E-state index contributed by atoms with van der Waals surface area (Å²) in [6.45, 7) is 2.60. The first-order valence-electron chi connectivity index (χ1n) is 4.14. The number of nitrogens with one attached hydrogen (secondary N) is 2. The fourth-order valence-corrected chi connectivity index (χ4v) is 0.914. The van der Waals surface area contributed by atoms with E-state index in [0.717, 1.165) is 0 Å². The van der Waals surface area contributed by atoms with Crippen LogP contribution in [0.2, 0.25) is 5.02 Å². The summed E-state index contributed by atoms with van der Waals surface area (Å²) in [6, 6.07) is 0. The van der Waals surface area contributed by atoms with Crippen molar-refractivity contribution in [2.24, 2.45) is 0 Å². The van der Waals surface area contributed by atoms with Crippen LogP contribution in [0.25, 0.3) is 0 Å². The molecule has 1 rings (SSSR count). The summed E-state index contributed by atoms with van der Waals surface area (Å²) in [5, 5.41) is 6.07. The van der Waals surface area contributed by atoms with E-state index < -0.39 is 0 Å². The van der Waals surface area contributed by atoms with Gasteiger partial charge in [-0.05, 0) is 0 Å². The quantitative estimate of drug-likeness (QED) is 0.724. The summed E-state index contributed by atoms with van der Waals surface area (Å²) in [7, 11) is 0. The van der Waals surface area contributed by atoms with Gasteiger partial charge in [0.15, 0.2) is 0 Å². The van der Waals surface area contributed by atoms with Gasteiger partial charge in [0.2, 0.25) is 11.9 Å². The fourth-order valence-electron chi connectivity index (χ4n) is 0.816. The summed E-state index contributed by atoms with van der Waals surface area (Å²) in [6.07, 6.45) is 3.02. The van der Waals surface area contributed by atoms with Crippen LogP contribution in [0.15, 0.2) is 12.4 Å². The molecule has 76 valence electrons. The number of carbonyl (C=O) groups excluding carboxylic acids is 1. The van der Waals surface area contributed by atoms with Gasteiger partial charge in [-0.1, -0.05) is 11.6 Å². The Kier molecular flexibility index (Phi) is 4.12. The van der Waals surface area contributed by atoms with Gasteiger partial charge in [0.05, 0.1) is 17.4 Å². The van der Waals surface area contributed by atoms with Crippen LogP contribution < -0.4 is 10.6 Å². The van der Waals surface area contributed by atoms with Crippen molar-refractivity contribution in [3.8, 4) is 0 Å². The third-order valence-corrected chi connectivity index (χ3v) is 1.60. The molecule has 5 nitrogen and oxygen atoms in total. The second-order valence-corrected chi connectivity index (χ2v) is 3.07. The second-order valence-electron chi connectivity index (χ2n) is 2.63. The number of hydrogen-bond acceptors (Lipinski definition) is 4. The van der Waals surface area contributed by atoms with Gasteiger partial charge in [0.25, 0.3) is 0 Å². The largest absolute Gasteiger partial charge is 0.355 e. The van der Waals surface area contributed by atoms with E-state index in [1.165, 1.54) is 19.3 Å². The molecule has 0 saturated heterocycles.